The first-order valence-electron chi connectivity index (χ1n) is 7.32. The fourth-order valence-electron chi connectivity index (χ4n) is 3.27. The Kier molecular flexibility index (Phi) is 4.28. The van der Waals surface area contributed by atoms with Crippen LogP contribution < -0.4 is 5.73 Å². The lowest BCUT2D eigenvalue weighted by Crippen LogP contribution is -2.53. The first-order valence-corrected chi connectivity index (χ1v) is 7.32. The maximum Gasteiger partial charge on any atom is 0.242 e. The Balaban J connectivity index is 1.86. The van der Waals surface area contributed by atoms with Crippen LogP contribution in [0.15, 0.2) is 0 Å². The molecule has 0 bridgehead atoms. The fraction of sp³-hybridized carbons (Fsp3) is 0.929. The molecule has 18 heavy (non-hydrogen) atoms. The molecule has 2 aliphatic rings. The van der Waals surface area contributed by atoms with Gasteiger partial charge in [-0.1, -0.05) is 19.8 Å². The zero-order valence-corrected chi connectivity index (χ0v) is 11.8. The van der Waals surface area contributed by atoms with Gasteiger partial charge in [-0.3, -0.25) is 4.79 Å². The average molecular weight is 253 g/mol. The summed E-state index contributed by atoms with van der Waals surface area (Å²) in [6.45, 7) is 6.15. The summed E-state index contributed by atoms with van der Waals surface area (Å²) in [6, 6.07) is 0. The standard InChI is InChI=1S/C14H27N3O/c1-3-16(2)10-12-6-9-17(11-12)13(18)14(15)7-4-5-8-14/h12H,3-11,15H2,1-2H3. The molecular weight excluding hydrogens is 226 g/mol. The van der Waals surface area contributed by atoms with Crippen molar-refractivity contribution in [1.82, 2.24) is 9.80 Å². The number of rotatable bonds is 4. The van der Waals surface area contributed by atoms with Crippen LogP contribution >= 0.6 is 0 Å². The fourth-order valence-corrected chi connectivity index (χ4v) is 3.27. The second kappa shape index (κ2) is 5.57. The van der Waals surface area contributed by atoms with Gasteiger partial charge in [-0.15, -0.1) is 0 Å². The molecule has 1 aliphatic carbocycles. The van der Waals surface area contributed by atoms with Crippen LogP contribution in [0, 0.1) is 5.92 Å². The smallest absolute Gasteiger partial charge is 0.242 e. The van der Waals surface area contributed by atoms with Gasteiger partial charge in [0.05, 0.1) is 5.54 Å². The minimum absolute atomic E-state index is 0.210. The third kappa shape index (κ3) is 2.86. The van der Waals surface area contributed by atoms with Gasteiger partial charge in [-0.05, 0) is 38.8 Å². The number of hydrogen-bond donors (Lipinski definition) is 1. The van der Waals surface area contributed by atoms with Gasteiger partial charge in [0.15, 0.2) is 0 Å². The van der Waals surface area contributed by atoms with Crippen molar-refractivity contribution in [2.75, 3.05) is 33.2 Å². The second-order valence-corrected chi connectivity index (χ2v) is 6.12. The summed E-state index contributed by atoms with van der Waals surface area (Å²) >= 11 is 0. The van der Waals surface area contributed by atoms with E-state index in [4.69, 9.17) is 5.73 Å². The van der Waals surface area contributed by atoms with Crippen LogP contribution in [-0.4, -0.2) is 54.5 Å². The van der Waals surface area contributed by atoms with Crippen molar-refractivity contribution in [3.8, 4) is 0 Å². The van der Waals surface area contributed by atoms with Crippen LogP contribution in [0.5, 0.6) is 0 Å². The highest BCUT2D eigenvalue weighted by atomic mass is 16.2. The van der Waals surface area contributed by atoms with Gasteiger partial charge >= 0.3 is 0 Å². The van der Waals surface area contributed by atoms with Crippen molar-refractivity contribution in [1.29, 1.82) is 0 Å². The Labute approximate surface area is 110 Å². The molecule has 0 aromatic carbocycles. The number of amides is 1. The number of carbonyl (C=O) groups excluding carboxylic acids is 1. The molecule has 2 fully saturated rings. The number of carbonyl (C=O) groups is 1. The molecule has 2 N–H and O–H groups in total. The Bertz CT molecular complexity index is 299. The van der Waals surface area contributed by atoms with Gasteiger partial charge in [0.2, 0.25) is 5.91 Å². The van der Waals surface area contributed by atoms with Gasteiger partial charge < -0.3 is 15.5 Å². The lowest BCUT2D eigenvalue weighted by Gasteiger charge is -2.29. The highest BCUT2D eigenvalue weighted by Crippen LogP contribution is 2.31. The summed E-state index contributed by atoms with van der Waals surface area (Å²) in [7, 11) is 2.14. The van der Waals surface area contributed by atoms with Gasteiger partial charge in [0.25, 0.3) is 0 Å². The average Bonchev–Trinajstić information content (AvgIpc) is 2.98. The molecule has 104 valence electrons. The Morgan fingerprint density at radius 1 is 1.44 bits per heavy atom. The molecule has 1 atom stereocenters. The van der Waals surface area contributed by atoms with Crippen LogP contribution in [0.1, 0.15) is 39.0 Å². The lowest BCUT2D eigenvalue weighted by molar-refractivity contribution is -0.135. The molecule has 1 heterocycles. The van der Waals surface area contributed by atoms with E-state index < -0.39 is 5.54 Å². The van der Waals surface area contributed by atoms with Gasteiger partial charge in [0, 0.05) is 19.6 Å². The normalized spacial score (nSPS) is 27.1. The zero-order valence-electron chi connectivity index (χ0n) is 11.8. The Morgan fingerprint density at radius 2 is 2.11 bits per heavy atom. The van der Waals surface area contributed by atoms with Crippen molar-refractivity contribution in [3.63, 3.8) is 0 Å². The Hall–Kier alpha value is -0.610. The predicted molar refractivity (Wildman–Crippen MR) is 73.2 cm³/mol. The number of nitrogens with two attached hydrogens (primary N) is 1. The molecule has 1 amide bonds. The highest BCUT2D eigenvalue weighted by molar-refractivity contribution is 5.86. The number of nitrogens with zero attached hydrogens (tertiary/aromatic N) is 2. The summed E-state index contributed by atoms with van der Waals surface area (Å²) < 4.78 is 0. The van der Waals surface area contributed by atoms with Crippen molar-refractivity contribution in [3.05, 3.63) is 0 Å². The number of hydrogen-bond acceptors (Lipinski definition) is 3. The number of likely N-dealkylation sites (tertiary alicyclic amines) is 1. The van der Waals surface area contributed by atoms with E-state index in [1.165, 1.54) is 0 Å². The monoisotopic (exact) mass is 253 g/mol. The van der Waals surface area contributed by atoms with Gasteiger partial charge in [0.1, 0.15) is 0 Å². The van der Waals surface area contributed by atoms with Crippen LogP contribution in [0.25, 0.3) is 0 Å². The van der Waals surface area contributed by atoms with E-state index in [-0.39, 0.29) is 5.91 Å². The third-order valence-corrected chi connectivity index (χ3v) is 4.60. The molecule has 0 aromatic rings. The molecule has 1 unspecified atom stereocenters. The summed E-state index contributed by atoms with van der Waals surface area (Å²) in [5.74, 6) is 0.838. The summed E-state index contributed by atoms with van der Waals surface area (Å²) in [5.41, 5.74) is 5.72. The molecule has 4 nitrogen and oxygen atoms in total. The maximum absolute atomic E-state index is 12.5. The summed E-state index contributed by atoms with van der Waals surface area (Å²) in [6.07, 6.45) is 5.10. The van der Waals surface area contributed by atoms with Crippen molar-refractivity contribution < 1.29 is 4.79 Å². The van der Waals surface area contributed by atoms with Gasteiger partial charge in [-0.25, -0.2) is 0 Å². The van der Waals surface area contributed by atoms with Gasteiger partial charge in [-0.2, -0.15) is 0 Å². The third-order valence-electron chi connectivity index (χ3n) is 4.60. The van der Waals surface area contributed by atoms with Crippen LogP contribution in [0.2, 0.25) is 0 Å². The first kappa shape index (κ1) is 13.8. The molecule has 0 radical (unpaired) electrons. The molecule has 2 rings (SSSR count). The van der Waals surface area contributed by atoms with Crippen LogP contribution in [0.3, 0.4) is 0 Å². The lowest BCUT2D eigenvalue weighted by atomic mass is 9.97. The molecule has 1 saturated heterocycles. The van der Waals surface area contributed by atoms with Crippen molar-refractivity contribution in [2.24, 2.45) is 11.7 Å². The minimum Gasteiger partial charge on any atom is -0.341 e. The van der Waals surface area contributed by atoms with Crippen molar-refractivity contribution in [2.45, 2.75) is 44.6 Å². The van der Waals surface area contributed by atoms with Crippen LogP contribution in [0.4, 0.5) is 0 Å². The molecule has 0 aromatic heterocycles. The second-order valence-electron chi connectivity index (χ2n) is 6.12. The summed E-state index contributed by atoms with van der Waals surface area (Å²) in [5, 5.41) is 0. The predicted octanol–water partition coefficient (Wildman–Crippen LogP) is 1.06. The minimum atomic E-state index is -0.536. The van der Waals surface area contributed by atoms with E-state index in [1.807, 2.05) is 4.90 Å². The molecule has 0 spiro atoms. The summed E-state index contributed by atoms with van der Waals surface area (Å²) in [4.78, 5) is 16.8. The Morgan fingerprint density at radius 3 is 2.72 bits per heavy atom. The molecule has 1 saturated carbocycles. The van der Waals surface area contributed by atoms with Crippen molar-refractivity contribution >= 4 is 5.91 Å². The van der Waals surface area contributed by atoms with E-state index in [2.05, 4.69) is 18.9 Å². The highest BCUT2D eigenvalue weighted by Gasteiger charge is 2.41. The van der Waals surface area contributed by atoms with E-state index >= 15 is 0 Å². The largest absolute Gasteiger partial charge is 0.341 e. The molecule has 4 heteroatoms. The van der Waals surface area contributed by atoms with E-state index in [0.29, 0.717) is 5.92 Å². The molecular formula is C14H27N3O. The van der Waals surface area contributed by atoms with E-state index in [9.17, 15) is 4.79 Å². The van der Waals surface area contributed by atoms with E-state index in [0.717, 1.165) is 58.3 Å². The zero-order chi connectivity index (χ0) is 13.2. The van der Waals surface area contributed by atoms with E-state index in [1.54, 1.807) is 0 Å². The first-order chi connectivity index (χ1) is 8.55. The quantitative estimate of drug-likeness (QED) is 0.815. The maximum atomic E-state index is 12.5. The van der Waals surface area contributed by atoms with Crippen LogP contribution in [-0.2, 0) is 4.79 Å². The molecule has 1 aliphatic heterocycles. The topological polar surface area (TPSA) is 49.6 Å². The SMILES string of the molecule is CCN(C)CC1CCN(C(=O)C2(N)CCCC2)C1.